The molecule has 0 bridgehead atoms. The Bertz CT molecular complexity index is 1010. The summed E-state index contributed by atoms with van der Waals surface area (Å²) in [6.07, 6.45) is 5.51. The zero-order valence-electron chi connectivity index (χ0n) is 14.5. The molecule has 0 amide bonds. The molecule has 2 heterocycles. The first-order chi connectivity index (χ1) is 13.0. The molecule has 5 nitrogen and oxygen atoms in total. The summed E-state index contributed by atoms with van der Waals surface area (Å²) in [7, 11) is -3.79. The first kappa shape index (κ1) is 18.7. The SMILES string of the molecule is O=S(=O)(c1ccc(Br)cc1)c1nc(-c2cccs2)oc1NC1CCCCC1. The van der Waals surface area contributed by atoms with Gasteiger partial charge in [-0.2, -0.15) is 4.98 Å². The van der Waals surface area contributed by atoms with Crippen LogP contribution < -0.4 is 5.32 Å². The number of sulfone groups is 1. The van der Waals surface area contributed by atoms with E-state index in [4.69, 9.17) is 4.42 Å². The molecule has 1 saturated carbocycles. The second kappa shape index (κ2) is 7.77. The lowest BCUT2D eigenvalue weighted by Crippen LogP contribution is -2.23. The molecule has 8 heteroatoms. The van der Waals surface area contributed by atoms with Crippen molar-refractivity contribution < 1.29 is 12.8 Å². The van der Waals surface area contributed by atoms with E-state index in [0.29, 0.717) is 5.89 Å². The summed E-state index contributed by atoms with van der Waals surface area (Å²) in [4.78, 5) is 5.37. The first-order valence-corrected chi connectivity index (χ1v) is 12.0. The van der Waals surface area contributed by atoms with Gasteiger partial charge in [-0.1, -0.05) is 41.3 Å². The molecule has 4 rings (SSSR count). The standard InChI is InChI=1S/C19H19BrN2O3S2/c20-13-8-10-15(11-9-13)27(23,24)19-18(21-14-5-2-1-3-6-14)25-17(22-19)16-7-4-12-26-16/h4,7-12,14,21H,1-3,5-6H2. The van der Waals surface area contributed by atoms with Crippen LogP contribution in [0.5, 0.6) is 0 Å². The molecule has 0 unspecified atom stereocenters. The molecule has 1 N–H and O–H groups in total. The number of hydrogen-bond acceptors (Lipinski definition) is 6. The van der Waals surface area contributed by atoms with Gasteiger partial charge in [0.25, 0.3) is 0 Å². The Morgan fingerprint density at radius 2 is 1.85 bits per heavy atom. The number of thiophene rings is 1. The van der Waals surface area contributed by atoms with Crippen molar-refractivity contribution in [2.75, 3.05) is 5.32 Å². The van der Waals surface area contributed by atoms with E-state index in [-0.39, 0.29) is 21.8 Å². The molecule has 27 heavy (non-hydrogen) atoms. The number of nitrogens with one attached hydrogen (secondary N) is 1. The number of nitrogens with zero attached hydrogens (tertiary/aromatic N) is 1. The predicted molar refractivity (Wildman–Crippen MR) is 110 cm³/mol. The van der Waals surface area contributed by atoms with Crippen LogP contribution in [0.15, 0.2) is 60.6 Å². The highest BCUT2D eigenvalue weighted by molar-refractivity contribution is 9.10. The number of rotatable bonds is 5. The van der Waals surface area contributed by atoms with Crippen molar-refractivity contribution in [1.82, 2.24) is 4.98 Å². The van der Waals surface area contributed by atoms with Crippen molar-refractivity contribution in [2.24, 2.45) is 0 Å². The van der Waals surface area contributed by atoms with Crippen LogP contribution in [-0.2, 0) is 9.84 Å². The average Bonchev–Trinajstić information content (AvgIpc) is 3.33. The molecule has 142 valence electrons. The molecule has 0 atom stereocenters. The molecule has 1 aliphatic rings. The maximum absolute atomic E-state index is 13.2. The van der Waals surface area contributed by atoms with Gasteiger partial charge in [0, 0.05) is 10.5 Å². The summed E-state index contributed by atoms with van der Waals surface area (Å²) in [5.74, 6) is 0.576. The number of halogens is 1. The van der Waals surface area contributed by atoms with E-state index in [1.807, 2.05) is 17.5 Å². The Hall–Kier alpha value is -1.64. The number of anilines is 1. The summed E-state index contributed by atoms with van der Waals surface area (Å²) in [5, 5.41) is 5.18. The number of hydrogen-bond donors (Lipinski definition) is 1. The van der Waals surface area contributed by atoms with E-state index in [0.717, 1.165) is 35.0 Å². The zero-order chi connectivity index (χ0) is 18.9. The summed E-state index contributed by atoms with van der Waals surface area (Å²) in [5.41, 5.74) is 0. The quantitative estimate of drug-likeness (QED) is 0.518. The van der Waals surface area contributed by atoms with Gasteiger partial charge in [0.2, 0.25) is 26.6 Å². The second-order valence-corrected chi connectivity index (χ2v) is 10.3. The van der Waals surface area contributed by atoms with Gasteiger partial charge in [0.1, 0.15) is 0 Å². The number of oxazole rings is 1. The van der Waals surface area contributed by atoms with Crippen molar-refractivity contribution in [3.8, 4) is 10.8 Å². The van der Waals surface area contributed by atoms with Gasteiger partial charge in [-0.15, -0.1) is 11.3 Å². The fourth-order valence-corrected chi connectivity index (χ4v) is 5.42. The summed E-state index contributed by atoms with van der Waals surface area (Å²) >= 11 is 4.81. The van der Waals surface area contributed by atoms with Crippen LogP contribution >= 0.6 is 27.3 Å². The minimum atomic E-state index is -3.79. The van der Waals surface area contributed by atoms with Crippen molar-refractivity contribution in [3.63, 3.8) is 0 Å². The minimum absolute atomic E-state index is 0.0428. The highest BCUT2D eigenvalue weighted by atomic mass is 79.9. The van der Waals surface area contributed by atoms with Gasteiger partial charge < -0.3 is 9.73 Å². The first-order valence-electron chi connectivity index (χ1n) is 8.86. The van der Waals surface area contributed by atoms with Crippen molar-refractivity contribution in [2.45, 2.75) is 48.1 Å². The lowest BCUT2D eigenvalue weighted by Gasteiger charge is -2.22. The molecule has 2 aromatic heterocycles. The predicted octanol–water partition coefficient (Wildman–Crippen LogP) is 5.74. The van der Waals surface area contributed by atoms with Crippen LogP contribution in [0.4, 0.5) is 5.88 Å². The van der Waals surface area contributed by atoms with E-state index in [9.17, 15) is 8.42 Å². The van der Waals surface area contributed by atoms with E-state index in [2.05, 4.69) is 26.2 Å². The van der Waals surface area contributed by atoms with Gasteiger partial charge in [-0.05, 0) is 48.6 Å². The smallest absolute Gasteiger partial charge is 0.240 e. The molecule has 1 aliphatic carbocycles. The zero-order valence-corrected chi connectivity index (χ0v) is 17.7. The highest BCUT2D eigenvalue weighted by Gasteiger charge is 2.30. The Morgan fingerprint density at radius 3 is 2.52 bits per heavy atom. The molecular formula is C19H19BrN2O3S2. The molecule has 0 radical (unpaired) electrons. The molecule has 1 aromatic carbocycles. The number of benzene rings is 1. The third-order valence-electron chi connectivity index (χ3n) is 4.65. The highest BCUT2D eigenvalue weighted by Crippen LogP contribution is 2.35. The van der Waals surface area contributed by atoms with Gasteiger partial charge >= 0.3 is 0 Å². The Kier molecular flexibility index (Phi) is 5.39. The van der Waals surface area contributed by atoms with Crippen LogP contribution in [-0.4, -0.2) is 19.4 Å². The Labute approximate surface area is 170 Å². The van der Waals surface area contributed by atoms with Crippen LogP contribution in [0, 0.1) is 0 Å². The monoisotopic (exact) mass is 466 g/mol. The molecule has 0 saturated heterocycles. The second-order valence-electron chi connectivity index (χ2n) is 6.57. The summed E-state index contributed by atoms with van der Waals surface area (Å²) in [6, 6.07) is 10.5. The normalized spacial score (nSPS) is 15.7. The summed E-state index contributed by atoms with van der Waals surface area (Å²) in [6.45, 7) is 0. The molecule has 1 fully saturated rings. The molecule has 0 aliphatic heterocycles. The third-order valence-corrected chi connectivity index (χ3v) is 7.71. The van der Waals surface area contributed by atoms with Gasteiger partial charge in [0.15, 0.2) is 0 Å². The van der Waals surface area contributed by atoms with Gasteiger partial charge in [0.05, 0.1) is 9.77 Å². The average molecular weight is 467 g/mol. The third kappa shape index (κ3) is 3.97. The van der Waals surface area contributed by atoms with Crippen molar-refractivity contribution in [1.29, 1.82) is 0 Å². The fraction of sp³-hybridized carbons (Fsp3) is 0.316. The van der Waals surface area contributed by atoms with Crippen LogP contribution in [0.1, 0.15) is 32.1 Å². The van der Waals surface area contributed by atoms with Crippen molar-refractivity contribution >= 4 is 43.0 Å². The summed E-state index contributed by atoms with van der Waals surface area (Å²) < 4.78 is 33.1. The van der Waals surface area contributed by atoms with Crippen LogP contribution in [0.3, 0.4) is 0 Å². The Balaban J connectivity index is 1.76. The van der Waals surface area contributed by atoms with Crippen molar-refractivity contribution in [3.05, 3.63) is 46.3 Å². The lowest BCUT2D eigenvalue weighted by molar-refractivity contribution is 0.450. The van der Waals surface area contributed by atoms with E-state index < -0.39 is 9.84 Å². The minimum Gasteiger partial charge on any atom is -0.418 e. The molecule has 0 spiro atoms. The van der Waals surface area contributed by atoms with Crippen LogP contribution in [0.2, 0.25) is 0 Å². The largest absolute Gasteiger partial charge is 0.418 e. The van der Waals surface area contributed by atoms with E-state index >= 15 is 0 Å². The van der Waals surface area contributed by atoms with Gasteiger partial charge in [-0.25, -0.2) is 8.42 Å². The van der Waals surface area contributed by atoms with E-state index in [1.54, 1.807) is 24.3 Å². The maximum Gasteiger partial charge on any atom is 0.240 e. The Morgan fingerprint density at radius 1 is 1.11 bits per heavy atom. The van der Waals surface area contributed by atoms with Gasteiger partial charge in [-0.3, -0.25) is 0 Å². The fourth-order valence-electron chi connectivity index (χ4n) is 3.24. The van der Waals surface area contributed by atoms with Crippen LogP contribution in [0.25, 0.3) is 10.8 Å². The molecule has 3 aromatic rings. The number of aromatic nitrogens is 1. The molecular weight excluding hydrogens is 448 g/mol. The van der Waals surface area contributed by atoms with E-state index in [1.165, 1.54) is 17.8 Å². The topological polar surface area (TPSA) is 72.2 Å². The lowest BCUT2D eigenvalue weighted by atomic mass is 9.96. The maximum atomic E-state index is 13.2.